The van der Waals surface area contributed by atoms with Crippen LogP contribution >= 0.6 is 0 Å². The maximum absolute atomic E-state index is 13.0. The van der Waals surface area contributed by atoms with E-state index in [-0.39, 0.29) is 18.4 Å². The highest BCUT2D eigenvalue weighted by atomic mass is 19.4. The van der Waals surface area contributed by atoms with Crippen molar-refractivity contribution in [3.8, 4) is 5.88 Å². The number of hydrogen-bond donors (Lipinski definition) is 0. The Kier molecular flexibility index (Phi) is 7.74. The third-order valence-corrected chi connectivity index (χ3v) is 9.11. The van der Waals surface area contributed by atoms with Crippen molar-refractivity contribution in [2.45, 2.75) is 82.5 Å². The van der Waals surface area contributed by atoms with Crippen LogP contribution in [0.25, 0.3) is 0 Å². The summed E-state index contributed by atoms with van der Waals surface area (Å²) in [4.78, 5) is 6.54. The van der Waals surface area contributed by atoms with Crippen LogP contribution in [0.1, 0.15) is 80.9 Å². The maximum Gasteiger partial charge on any atom is 0.416 e. The number of likely N-dealkylation sites (tertiary alicyclic amines) is 1. The Morgan fingerprint density at radius 1 is 1.02 bits per heavy atom. The van der Waals surface area contributed by atoms with Crippen LogP contribution in [0.15, 0.2) is 35.2 Å². The molecule has 2 aromatic heterocycles. The van der Waals surface area contributed by atoms with Crippen LogP contribution in [0, 0.1) is 11.8 Å². The van der Waals surface area contributed by atoms with Gasteiger partial charge in [0.1, 0.15) is 18.6 Å². The number of halogens is 3. The molecule has 4 heterocycles. The minimum Gasteiger partial charge on any atom is -0.469 e. The van der Waals surface area contributed by atoms with Gasteiger partial charge in [-0.3, -0.25) is 0 Å². The molecule has 0 spiro atoms. The lowest BCUT2D eigenvalue weighted by atomic mass is 9.78. The molecule has 4 aliphatic rings. The van der Waals surface area contributed by atoms with Crippen LogP contribution in [0.3, 0.4) is 0 Å². The van der Waals surface area contributed by atoms with E-state index in [1.54, 1.807) is 0 Å². The van der Waals surface area contributed by atoms with E-state index in [9.17, 15) is 13.2 Å². The Morgan fingerprint density at radius 3 is 2.48 bits per heavy atom. The van der Waals surface area contributed by atoms with Gasteiger partial charge < -0.3 is 14.2 Å². The van der Waals surface area contributed by atoms with Crippen molar-refractivity contribution in [3.63, 3.8) is 0 Å². The highest BCUT2D eigenvalue weighted by molar-refractivity contribution is 5.80. The van der Waals surface area contributed by atoms with Gasteiger partial charge in [-0.1, -0.05) is 4.68 Å². The minimum absolute atomic E-state index is 0.00272. The molecular weight excluding hydrogens is 519 g/mol. The molecule has 0 radical (unpaired) electrons. The lowest BCUT2D eigenvalue weighted by molar-refractivity contribution is -0.455. The number of alkyl halides is 3. The number of hydrogen-bond acceptors (Lipinski definition) is 6. The van der Waals surface area contributed by atoms with E-state index in [1.165, 1.54) is 50.8 Å². The monoisotopic (exact) mass is 556 g/mol. The number of rotatable bonds is 7. The second-order valence-corrected chi connectivity index (χ2v) is 11.6. The highest BCUT2D eigenvalue weighted by Gasteiger charge is 2.33. The SMILES string of the molecule is Cn1c(COc2cc(C(F)(F)F)ccn2)nnc1C1CCC(C2=C/[N+](=C\C3CCC(N4CCC4)CC3)N=C2)CC1. The van der Waals surface area contributed by atoms with Crippen molar-refractivity contribution in [1.82, 2.24) is 24.6 Å². The fraction of sp³-hybridized carbons (Fsp3) is 0.621. The Morgan fingerprint density at radius 2 is 1.77 bits per heavy atom. The smallest absolute Gasteiger partial charge is 0.416 e. The van der Waals surface area contributed by atoms with Crippen LogP contribution in [0.4, 0.5) is 13.2 Å². The first-order chi connectivity index (χ1) is 19.3. The molecule has 0 aromatic carbocycles. The van der Waals surface area contributed by atoms with Gasteiger partial charge in [0.2, 0.25) is 12.1 Å². The second kappa shape index (κ2) is 11.4. The zero-order valence-corrected chi connectivity index (χ0v) is 22.9. The van der Waals surface area contributed by atoms with E-state index in [0.29, 0.717) is 17.7 Å². The summed E-state index contributed by atoms with van der Waals surface area (Å²) in [5.74, 6) is 2.76. The van der Waals surface area contributed by atoms with Gasteiger partial charge in [-0.15, -0.1) is 10.2 Å². The second-order valence-electron chi connectivity index (χ2n) is 11.6. The van der Waals surface area contributed by atoms with E-state index >= 15 is 0 Å². The molecule has 214 valence electrons. The van der Waals surface area contributed by atoms with Crippen LogP contribution < -0.4 is 4.74 Å². The summed E-state index contributed by atoms with van der Waals surface area (Å²) in [6, 6.07) is 2.62. The first-order valence-corrected chi connectivity index (χ1v) is 14.5. The van der Waals surface area contributed by atoms with Crippen molar-refractivity contribution in [1.29, 1.82) is 0 Å². The molecule has 0 N–H and O–H groups in total. The van der Waals surface area contributed by atoms with E-state index in [4.69, 9.17) is 4.74 Å². The molecule has 0 amide bonds. The number of pyridine rings is 1. The first kappa shape index (κ1) is 27.1. The number of nitrogens with zero attached hydrogens (tertiary/aromatic N) is 7. The van der Waals surface area contributed by atoms with Crippen LogP contribution in [0.5, 0.6) is 5.88 Å². The summed E-state index contributed by atoms with van der Waals surface area (Å²) in [6.07, 6.45) is 13.8. The summed E-state index contributed by atoms with van der Waals surface area (Å²) >= 11 is 0. The average Bonchev–Trinajstić information content (AvgIpc) is 3.54. The molecule has 40 heavy (non-hydrogen) atoms. The summed E-state index contributed by atoms with van der Waals surface area (Å²) in [6.45, 7) is 2.58. The van der Waals surface area contributed by atoms with Gasteiger partial charge in [-0.25, -0.2) is 4.98 Å². The van der Waals surface area contributed by atoms with Gasteiger partial charge >= 0.3 is 6.18 Å². The lowest BCUT2D eigenvalue weighted by Gasteiger charge is -2.41. The Labute approximate surface area is 232 Å². The molecule has 3 fully saturated rings. The zero-order valence-electron chi connectivity index (χ0n) is 22.9. The molecule has 0 atom stereocenters. The number of allylic oxidation sites excluding steroid dienone is 1. The molecule has 6 rings (SSSR count). The van der Waals surface area contributed by atoms with Gasteiger partial charge in [0, 0.05) is 42.8 Å². The van der Waals surface area contributed by atoms with Crippen molar-refractivity contribution in [2.24, 2.45) is 24.0 Å². The molecule has 2 saturated carbocycles. The van der Waals surface area contributed by atoms with Crippen molar-refractivity contribution in [3.05, 3.63) is 47.3 Å². The van der Waals surface area contributed by atoms with Crippen LogP contribution in [-0.4, -0.2) is 60.9 Å². The van der Waals surface area contributed by atoms with Gasteiger partial charge in [-0.2, -0.15) is 13.2 Å². The number of aromatic nitrogens is 4. The number of hydrazone groups is 1. The van der Waals surface area contributed by atoms with E-state index in [2.05, 4.69) is 37.6 Å². The van der Waals surface area contributed by atoms with Crippen molar-refractivity contribution < 1.29 is 22.6 Å². The van der Waals surface area contributed by atoms with E-state index < -0.39 is 11.7 Å². The molecule has 2 aliphatic carbocycles. The third kappa shape index (κ3) is 5.99. The van der Waals surface area contributed by atoms with Crippen LogP contribution in [0.2, 0.25) is 0 Å². The molecule has 0 unspecified atom stereocenters. The standard InChI is InChI=1S/C29H37F3N7O/c1-37-26(19-40-27-15-24(11-12-33-27)29(30,31)32)35-36-28(37)22-7-5-21(6-8-22)23-16-34-39(18-23)17-20-3-9-25(10-4-20)38-13-2-14-38/h11-12,15-18,20-22,25H,2-10,13-14,19H2,1H3/q+1/b39-17+. The number of ether oxygens (including phenoxy) is 1. The van der Waals surface area contributed by atoms with Crippen LogP contribution in [-0.2, 0) is 19.8 Å². The molecule has 0 bridgehead atoms. The van der Waals surface area contributed by atoms with Gasteiger partial charge in [-0.05, 0) is 88.0 Å². The highest BCUT2D eigenvalue weighted by Crippen LogP contribution is 2.38. The molecule has 2 aromatic rings. The fourth-order valence-corrected chi connectivity index (χ4v) is 6.53. The first-order valence-electron chi connectivity index (χ1n) is 14.5. The molecule has 2 aliphatic heterocycles. The van der Waals surface area contributed by atoms with Gasteiger partial charge in [0.15, 0.2) is 12.0 Å². The quantitative estimate of drug-likeness (QED) is 0.432. The average molecular weight is 557 g/mol. The summed E-state index contributed by atoms with van der Waals surface area (Å²) in [5.41, 5.74) is 0.519. The Bertz CT molecular complexity index is 1280. The summed E-state index contributed by atoms with van der Waals surface area (Å²) in [7, 11) is 1.89. The van der Waals surface area contributed by atoms with Crippen molar-refractivity contribution >= 4 is 12.4 Å². The Hall–Kier alpha value is -3.08. The third-order valence-electron chi connectivity index (χ3n) is 9.11. The largest absolute Gasteiger partial charge is 0.469 e. The zero-order chi connectivity index (χ0) is 27.7. The normalized spacial score (nSPS) is 28.5. The lowest BCUT2D eigenvalue weighted by Crippen LogP contribution is -2.46. The van der Waals surface area contributed by atoms with Gasteiger partial charge in [0.25, 0.3) is 0 Å². The van der Waals surface area contributed by atoms with E-state index in [0.717, 1.165) is 55.9 Å². The molecular formula is C29H37F3N7O+. The summed E-state index contributed by atoms with van der Waals surface area (Å²) < 4.78 is 48.4. The predicted octanol–water partition coefficient (Wildman–Crippen LogP) is 5.31. The van der Waals surface area contributed by atoms with Gasteiger partial charge in [0.05, 0.1) is 5.56 Å². The fourth-order valence-electron chi connectivity index (χ4n) is 6.53. The topological polar surface area (TPSA) is 71.4 Å². The minimum atomic E-state index is -4.44. The molecule has 8 nitrogen and oxygen atoms in total. The Balaban J connectivity index is 0.996. The summed E-state index contributed by atoms with van der Waals surface area (Å²) in [5, 5.41) is 13.3. The maximum atomic E-state index is 13.0. The molecule has 11 heteroatoms. The predicted molar refractivity (Wildman–Crippen MR) is 144 cm³/mol. The van der Waals surface area contributed by atoms with Crippen molar-refractivity contribution in [2.75, 3.05) is 13.1 Å². The van der Waals surface area contributed by atoms with E-state index in [1.807, 2.05) is 22.5 Å². The molecule has 1 saturated heterocycles.